The van der Waals surface area contributed by atoms with Gasteiger partial charge in [0, 0.05) is 26.7 Å². The molecule has 3 rings (SSSR count). The van der Waals surface area contributed by atoms with Gasteiger partial charge in [-0.2, -0.15) is 0 Å². The molecule has 0 spiro atoms. The lowest BCUT2D eigenvalue weighted by atomic mass is 9.98. The van der Waals surface area contributed by atoms with Crippen LogP contribution in [0.2, 0.25) is 0 Å². The molecule has 0 aromatic heterocycles. The topological polar surface area (TPSA) is 197 Å². The third kappa shape index (κ3) is 14.5. The van der Waals surface area contributed by atoms with Crippen molar-refractivity contribution in [3.05, 3.63) is 12.2 Å². The molecule has 3 aliphatic heterocycles. The fourth-order valence-corrected chi connectivity index (χ4v) is 6.20. The number of carbonyl (C=O) groups excluding carboxylic acids is 3. The van der Waals surface area contributed by atoms with Crippen molar-refractivity contribution in [3.8, 4) is 0 Å². The largest absolute Gasteiger partial charge is 0.463 e. The average Bonchev–Trinajstić information content (AvgIpc) is 3.15. The van der Waals surface area contributed by atoms with Crippen LogP contribution >= 0.6 is 0 Å². The summed E-state index contributed by atoms with van der Waals surface area (Å²) in [7, 11) is 0. The van der Waals surface area contributed by atoms with Gasteiger partial charge in [-0.1, -0.05) is 50.7 Å². The first-order chi connectivity index (χ1) is 23.5. The Kier molecular flexibility index (Phi) is 18.4. The Morgan fingerprint density at radius 2 is 1.27 bits per heavy atom. The fourth-order valence-electron chi connectivity index (χ4n) is 6.20. The summed E-state index contributed by atoms with van der Waals surface area (Å²) >= 11 is 0. The highest BCUT2D eigenvalue weighted by atomic mass is 16.8. The van der Waals surface area contributed by atoms with Crippen LogP contribution in [0.25, 0.3) is 0 Å². The van der Waals surface area contributed by atoms with E-state index in [-0.39, 0.29) is 25.6 Å². The Morgan fingerprint density at radius 1 is 0.694 bits per heavy atom. The van der Waals surface area contributed by atoms with Gasteiger partial charge in [-0.15, -0.1) is 0 Å². The average molecular weight is 703 g/mol. The normalized spacial score (nSPS) is 37.5. The van der Waals surface area contributed by atoms with Gasteiger partial charge in [0.25, 0.3) is 0 Å². The zero-order valence-electron chi connectivity index (χ0n) is 29.2. The Morgan fingerprint density at radius 3 is 1.92 bits per heavy atom. The van der Waals surface area contributed by atoms with Crippen LogP contribution < -0.4 is 0 Å². The van der Waals surface area contributed by atoms with E-state index in [1.54, 1.807) is 0 Å². The molecule has 2 fully saturated rings. The molecular formula is C35H58O14. The van der Waals surface area contributed by atoms with Crippen LogP contribution in [0.1, 0.15) is 111 Å². The number of fused-ring (bicyclic) bond motifs is 4. The number of aliphatic hydroxyl groups is 4. The van der Waals surface area contributed by atoms with Crippen LogP contribution in [0, 0.1) is 0 Å². The first kappa shape index (κ1) is 41.3. The molecule has 3 heterocycles. The number of rotatable bonds is 4. The molecule has 0 aliphatic carbocycles. The predicted octanol–water partition coefficient (Wildman–Crippen LogP) is 2.74. The van der Waals surface area contributed by atoms with Gasteiger partial charge in [0.15, 0.2) is 18.7 Å². The summed E-state index contributed by atoms with van der Waals surface area (Å²) in [5.74, 6) is -1.82. The predicted molar refractivity (Wildman–Crippen MR) is 174 cm³/mol. The molecular weight excluding hydrogens is 644 g/mol. The monoisotopic (exact) mass is 702 g/mol. The van der Waals surface area contributed by atoms with Crippen molar-refractivity contribution in [2.75, 3.05) is 13.2 Å². The third-order valence-electron chi connectivity index (χ3n) is 8.97. The lowest BCUT2D eigenvalue weighted by molar-refractivity contribution is -0.352. The van der Waals surface area contributed by atoms with Crippen molar-refractivity contribution < 1.29 is 68.0 Å². The molecule has 0 saturated carbocycles. The first-order valence-corrected chi connectivity index (χ1v) is 17.9. The molecule has 7 unspecified atom stereocenters. The zero-order chi connectivity index (χ0) is 35.8. The van der Waals surface area contributed by atoms with Crippen molar-refractivity contribution in [1.82, 2.24) is 0 Å². The quantitative estimate of drug-likeness (QED) is 0.190. The van der Waals surface area contributed by atoms with Crippen LogP contribution in [-0.2, 0) is 47.5 Å². The number of carbonyl (C=O) groups is 3. The number of esters is 3. The summed E-state index contributed by atoms with van der Waals surface area (Å²) in [6, 6.07) is 0. The van der Waals surface area contributed by atoms with Gasteiger partial charge >= 0.3 is 17.9 Å². The Bertz CT molecular complexity index is 1020. The Balaban J connectivity index is 1.84. The van der Waals surface area contributed by atoms with Gasteiger partial charge in [-0.25, -0.2) is 0 Å². The third-order valence-corrected chi connectivity index (χ3v) is 8.97. The van der Waals surface area contributed by atoms with E-state index in [1.807, 2.05) is 6.92 Å². The highest BCUT2D eigenvalue weighted by Crippen LogP contribution is 2.31. The molecule has 2 bridgehead atoms. The van der Waals surface area contributed by atoms with Crippen molar-refractivity contribution in [2.24, 2.45) is 0 Å². The van der Waals surface area contributed by atoms with Gasteiger partial charge in [-0.05, 0) is 45.4 Å². The first-order valence-electron chi connectivity index (χ1n) is 17.9. The molecule has 282 valence electrons. The summed E-state index contributed by atoms with van der Waals surface area (Å²) in [4.78, 5) is 36.1. The highest BCUT2D eigenvalue weighted by Gasteiger charge is 2.50. The SMILES string of the molecule is CC(=O)OCC1O[C@H]2OC(C)CCCCCC/C=C\CCCCCCCC(=O)O[C@H]3C(O)CC(O)[C@H](OC2C(O)[C@@H]1O)OC3COC(C)=O. The number of aliphatic hydroxyl groups excluding tert-OH is 4. The maximum atomic E-state index is 12.9. The van der Waals surface area contributed by atoms with E-state index in [2.05, 4.69) is 12.2 Å². The maximum absolute atomic E-state index is 12.9. The standard InChI is InChI=1S/C35H58O14/c1-22-17-15-13-11-9-7-5-4-6-8-10-12-14-16-18-29(40)48-32-25(38)19-26(39)34(47-28(32)21-44-24(3)37)49-33-31(42)30(41)27(20-43-23(2)36)46-35(33)45-22/h4-5,22,25-28,30-35,38-39,41-42H,6-21H2,1-3H3/b5-4-/t22?,25?,26?,27?,28?,30-,31?,32+,33?,34+,35-/m1/s1. The van der Waals surface area contributed by atoms with Crippen LogP contribution in [0.5, 0.6) is 0 Å². The molecule has 0 amide bonds. The van der Waals surface area contributed by atoms with E-state index in [1.165, 1.54) is 13.8 Å². The minimum atomic E-state index is -1.64. The van der Waals surface area contributed by atoms with Gasteiger partial charge < -0.3 is 53.6 Å². The maximum Gasteiger partial charge on any atom is 0.306 e. The van der Waals surface area contributed by atoms with Crippen LogP contribution in [0.4, 0.5) is 0 Å². The van der Waals surface area contributed by atoms with E-state index in [9.17, 15) is 34.8 Å². The van der Waals surface area contributed by atoms with E-state index in [0.717, 1.165) is 64.2 Å². The summed E-state index contributed by atoms with van der Waals surface area (Å²) in [5, 5.41) is 44.3. The lowest BCUT2D eigenvalue weighted by Crippen LogP contribution is -2.62. The van der Waals surface area contributed by atoms with Crippen LogP contribution in [0.3, 0.4) is 0 Å². The van der Waals surface area contributed by atoms with Gasteiger partial charge in [-0.3, -0.25) is 14.4 Å². The number of allylic oxidation sites excluding steroid dienone is 2. The Hall–Kier alpha value is -2.17. The molecule has 14 nitrogen and oxygen atoms in total. The lowest BCUT2D eigenvalue weighted by Gasteiger charge is -2.44. The molecule has 0 aromatic rings. The second-order valence-corrected chi connectivity index (χ2v) is 13.3. The minimum Gasteiger partial charge on any atom is -0.463 e. The van der Waals surface area contributed by atoms with Crippen LogP contribution in [0.15, 0.2) is 12.2 Å². The van der Waals surface area contributed by atoms with E-state index in [4.69, 9.17) is 33.2 Å². The van der Waals surface area contributed by atoms with Crippen molar-refractivity contribution >= 4 is 17.9 Å². The van der Waals surface area contributed by atoms with Gasteiger partial charge in [0.05, 0.1) is 12.2 Å². The van der Waals surface area contributed by atoms with E-state index >= 15 is 0 Å². The Labute approximate surface area is 289 Å². The molecule has 0 aromatic carbocycles. The fraction of sp³-hybridized carbons (Fsp3) is 0.857. The number of hydrogen-bond acceptors (Lipinski definition) is 14. The molecule has 14 heteroatoms. The summed E-state index contributed by atoms with van der Waals surface area (Å²) < 4.78 is 40.1. The number of ether oxygens (including phenoxy) is 7. The molecule has 4 N–H and O–H groups in total. The minimum absolute atomic E-state index is 0.112. The summed E-state index contributed by atoms with van der Waals surface area (Å²) in [5.41, 5.74) is 0. The zero-order valence-corrected chi connectivity index (χ0v) is 29.2. The van der Waals surface area contributed by atoms with Crippen molar-refractivity contribution in [3.63, 3.8) is 0 Å². The molecule has 3 aliphatic rings. The molecule has 0 radical (unpaired) electrons. The second-order valence-electron chi connectivity index (χ2n) is 13.3. The molecule has 2 saturated heterocycles. The second kappa shape index (κ2) is 21.9. The molecule has 49 heavy (non-hydrogen) atoms. The number of hydrogen-bond donors (Lipinski definition) is 4. The van der Waals surface area contributed by atoms with Crippen molar-refractivity contribution in [1.29, 1.82) is 0 Å². The highest BCUT2D eigenvalue weighted by molar-refractivity contribution is 5.69. The van der Waals surface area contributed by atoms with E-state index < -0.39 is 85.9 Å². The summed E-state index contributed by atoms with van der Waals surface area (Å²) in [6.45, 7) is 3.45. The molecule has 11 atom stereocenters. The van der Waals surface area contributed by atoms with Crippen LogP contribution in [-0.4, -0.2) is 119 Å². The van der Waals surface area contributed by atoms with Crippen molar-refractivity contribution in [2.45, 2.75) is 178 Å². The summed E-state index contributed by atoms with van der Waals surface area (Å²) in [6.07, 6.45) is 1.07. The smallest absolute Gasteiger partial charge is 0.306 e. The van der Waals surface area contributed by atoms with Gasteiger partial charge in [0.2, 0.25) is 0 Å². The van der Waals surface area contributed by atoms with E-state index in [0.29, 0.717) is 12.8 Å². The van der Waals surface area contributed by atoms with Gasteiger partial charge in [0.1, 0.15) is 49.8 Å².